The van der Waals surface area contributed by atoms with E-state index in [0.29, 0.717) is 12.0 Å². The zero-order chi connectivity index (χ0) is 10.7. The SMILES string of the molecule is CCCN(C(C)C)C(C(=O)O)C1CC1. The Balaban J connectivity index is 2.65. The Morgan fingerprint density at radius 3 is 2.36 bits per heavy atom. The molecule has 82 valence electrons. The van der Waals surface area contributed by atoms with E-state index in [4.69, 9.17) is 0 Å². The highest BCUT2D eigenvalue weighted by Crippen LogP contribution is 2.36. The molecule has 1 N–H and O–H groups in total. The maximum atomic E-state index is 11.2. The van der Waals surface area contributed by atoms with Crippen molar-refractivity contribution in [1.29, 1.82) is 0 Å². The third-order valence-corrected chi connectivity index (χ3v) is 2.82. The lowest BCUT2D eigenvalue weighted by Gasteiger charge is -2.32. The molecular weight excluding hydrogens is 178 g/mol. The maximum absolute atomic E-state index is 11.2. The van der Waals surface area contributed by atoms with E-state index in [9.17, 15) is 9.90 Å². The van der Waals surface area contributed by atoms with Gasteiger partial charge in [0.2, 0.25) is 0 Å². The van der Waals surface area contributed by atoms with Crippen LogP contribution in [0.3, 0.4) is 0 Å². The molecule has 0 aromatic heterocycles. The van der Waals surface area contributed by atoms with E-state index in [1.54, 1.807) is 0 Å². The number of carboxylic acids is 1. The fraction of sp³-hybridized carbons (Fsp3) is 0.909. The zero-order valence-corrected chi connectivity index (χ0v) is 9.36. The summed E-state index contributed by atoms with van der Waals surface area (Å²) in [6.45, 7) is 7.15. The minimum Gasteiger partial charge on any atom is -0.480 e. The van der Waals surface area contributed by atoms with Gasteiger partial charge in [0, 0.05) is 6.04 Å². The van der Waals surface area contributed by atoms with Crippen LogP contribution in [0.4, 0.5) is 0 Å². The normalized spacial score (nSPS) is 18.9. The second kappa shape index (κ2) is 4.78. The third-order valence-electron chi connectivity index (χ3n) is 2.82. The number of hydrogen-bond acceptors (Lipinski definition) is 2. The van der Waals surface area contributed by atoms with Gasteiger partial charge < -0.3 is 5.11 Å². The number of carboxylic acid groups (broad SMARTS) is 1. The van der Waals surface area contributed by atoms with Crippen LogP contribution in [0.15, 0.2) is 0 Å². The summed E-state index contributed by atoms with van der Waals surface area (Å²) < 4.78 is 0. The molecule has 14 heavy (non-hydrogen) atoms. The van der Waals surface area contributed by atoms with Crippen molar-refractivity contribution in [3.05, 3.63) is 0 Å². The van der Waals surface area contributed by atoms with Crippen LogP contribution in [0.5, 0.6) is 0 Å². The number of aliphatic carboxylic acids is 1. The van der Waals surface area contributed by atoms with E-state index in [0.717, 1.165) is 25.8 Å². The molecule has 1 atom stereocenters. The van der Waals surface area contributed by atoms with Crippen molar-refractivity contribution in [2.45, 2.75) is 52.1 Å². The number of nitrogens with zero attached hydrogens (tertiary/aromatic N) is 1. The molecule has 0 aromatic carbocycles. The van der Waals surface area contributed by atoms with Crippen LogP contribution in [-0.4, -0.2) is 34.6 Å². The van der Waals surface area contributed by atoms with Gasteiger partial charge in [-0.25, -0.2) is 0 Å². The minimum absolute atomic E-state index is 0.241. The van der Waals surface area contributed by atoms with E-state index in [1.807, 2.05) is 0 Å². The molecule has 0 spiro atoms. The molecule has 3 heteroatoms. The van der Waals surface area contributed by atoms with Gasteiger partial charge in [0.25, 0.3) is 0 Å². The highest BCUT2D eigenvalue weighted by molar-refractivity contribution is 5.74. The lowest BCUT2D eigenvalue weighted by atomic mass is 10.1. The summed E-state index contributed by atoms with van der Waals surface area (Å²) in [6.07, 6.45) is 3.20. The summed E-state index contributed by atoms with van der Waals surface area (Å²) >= 11 is 0. The van der Waals surface area contributed by atoms with Gasteiger partial charge in [0.1, 0.15) is 6.04 Å². The lowest BCUT2D eigenvalue weighted by molar-refractivity contribution is -0.145. The van der Waals surface area contributed by atoms with Crippen LogP contribution in [-0.2, 0) is 4.79 Å². The summed E-state index contributed by atoms with van der Waals surface area (Å²) in [4.78, 5) is 13.3. The largest absolute Gasteiger partial charge is 0.480 e. The highest BCUT2D eigenvalue weighted by Gasteiger charge is 2.40. The molecular formula is C11H21NO2. The molecule has 0 aromatic rings. The second-order valence-corrected chi connectivity index (χ2v) is 4.45. The van der Waals surface area contributed by atoms with E-state index < -0.39 is 5.97 Å². The molecule has 1 saturated carbocycles. The fourth-order valence-electron chi connectivity index (χ4n) is 2.00. The number of carbonyl (C=O) groups is 1. The highest BCUT2D eigenvalue weighted by atomic mass is 16.4. The van der Waals surface area contributed by atoms with Crippen LogP contribution in [0, 0.1) is 5.92 Å². The molecule has 1 fully saturated rings. The standard InChI is InChI=1S/C11H21NO2/c1-4-7-12(8(2)3)10(11(13)14)9-5-6-9/h8-10H,4-7H2,1-3H3,(H,13,14). The van der Waals surface area contributed by atoms with Crippen molar-refractivity contribution in [2.75, 3.05) is 6.54 Å². The van der Waals surface area contributed by atoms with Crippen LogP contribution < -0.4 is 0 Å². The molecule has 1 unspecified atom stereocenters. The molecule has 3 nitrogen and oxygen atoms in total. The smallest absolute Gasteiger partial charge is 0.321 e. The van der Waals surface area contributed by atoms with Gasteiger partial charge in [0.15, 0.2) is 0 Å². The average Bonchev–Trinajstić information content (AvgIpc) is 2.86. The van der Waals surface area contributed by atoms with Gasteiger partial charge in [-0.2, -0.15) is 0 Å². The first kappa shape index (κ1) is 11.5. The van der Waals surface area contributed by atoms with Gasteiger partial charge in [-0.05, 0) is 45.6 Å². The van der Waals surface area contributed by atoms with E-state index in [1.165, 1.54) is 0 Å². The summed E-state index contributed by atoms with van der Waals surface area (Å²) in [6, 6.07) is 0.0894. The first-order valence-corrected chi connectivity index (χ1v) is 5.56. The average molecular weight is 199 g/mol. The lowest BCUT2D eigenvalue weighted by Crippen LogP contribution is -2.47. The maximum Gasteiger partial charge on any atom is 0.321 e. The van der Waals surface area contributed by atoms with Crippen molar-refractivity contribution in [1.82, 2.24) is 4.90 Å². The predicted octanol–water partition coefficient (Wildman–Crippen LogP) is 1.97. The predicted molar refractivity (Wildman–Crippen MR) is 56.3 cm³/mol. The van der Waals surface area contributed by atoms with Crippen LogP contribution in [0.2, 0.25) is 0 Å². The topological polar surface area (TPSA) is 40.5 Å². The van der Waals surface area contributed by atoms with Crippen LogP contribution in [0.1, 0.15) is 40.0 Å². The van der Waals surface area contributed by atoms with E-state index in [-0.39, 0.29) is 6.04 Å². The Morgan fingerprint density at radius 2 is 2.07 bits per heavy atom. The van der Waals surface area contributed by atoms with Crippen molar-refractivity contribution in [2.24, 2.45) is 5.92 Å². The summed E-state index contributed by atoms with van der Waals surface area (Å²) in [5.41, 5.74) is 0. The number of hydrogen-bond donors (Lipinski definition) is 1. The number of rotatable bonds is 6. The monoisotopic (exact) mass is 199 g/mol. The Labute approximate surface area is 86.1 Å². The summed E-state index contributed by atoms with van der Waals surface area (Å²) in [5, 5.41) is 9.19. The second-order valence-electron chi connectivity index (χ2n) is 4.45. The van der Waals surface area contributed by atoms with E-state index in [2.05, 4.69) is 25.7 Å². The third kappa shape index (κ3) is 2.71. The Bertz CT molecular complexity index is 199. The van der Waals surface area contributed by atoms with Crippen LogP contribution in [0.25, 0.3) is 0 Å². The van der Waals surface area contributed by atoms with Gasteiger partial charge in [-0.15, -0.1) is 0 Å². The molecule has 0 aliphatic heterocycles. The summed E-state index contributed by atoms with van der Waals surface area (Å²) in [5.74, 6) is -0.240. The molecule has 0 radical (unpaired) electrons. The molecule has 1 aliphatic rings. The van der Waals surface area contributed by atoms with Crippen molar-refractivity contribution in [3.8, 4) is 0 Å². The quantitative estimate of drug-likeness (QED) is 0.711. The first-order chi connectivity index (χ1) is 6.57. The Morgan fingerprint density at radius 1 is 1.50 bits per heavy atom. The van der Waals surface area contributed by atoms with Gasteiger partial charge in [0.05, 0.1) is 0 Å². The molecule has 0 heterocycles. The first-order valence-electron chi connectivity index (χ1n) is 5.56. The van der Waals surface area contributed by atoms with Gasteiger partial charge in [-0.1, -0.05) is 6.92 Å². The van der Waals surface area contributed by atoms with Crippen molar-refractivity contribution in [3.63, 3.8) is 0 Å². The van der Waals surface area contributed by atoms with Gasteiger partial charge in [-0.3, -0.25) is 9.69 Å². The van der Waals surface area contributed by atoms with E-state index >= 15 is 0 Å². The molecule has 0 amide bonds. The van der Waals surface area contributed by atoms with Crippen LogP contribution >= 0.6 is 0 Å². The minimum atomic E-state index is -0.644. The van der Waals surface area contributed by atoms with Crippen molar-refractivity contribution >= 4 is 5.97 Å². The van der Waals surface area contributed by atoms with Crippen molar-refractivity contribution < 1.29 is 9.90 Å². The molecule has 0 bridgehead atoms. The van der Waals surface area contributed by atoms with Gasteiger partial charge >= 0.3 is 5.97 Å². The molecule has 1 rings (SSSR count). The molecule has 1 aliphatic carbocycles. The Hall–Kier alpha value is -0.570. The Kier molecular flexibility index (Phi) is 3.93. The summed E-state index contributed by atoms with van der Waals surface area (Å²) in [7, 11) is 0. The fourth-order valence-corrected chi connectivity index (χ4v) is 2.00. The zero-order valence-electron chi connectivity index (χ0n) is 9.36. The molecule has 0 saturated heterocycles.